The number of Topliss-reactive ketones (excluding diaryl/α,β-unsaturated/α-hetero) is 1. The summed E-state index contributed by atoms with van der Waals surface area (Å²) in [5, 5.41) is 21.2. The quantitative estimate of drug-likeness (QED) is 0.235. The topological polar surface area (TPSA) is 111 Å². The second-order valence-corrected chi connectivity index (χ2v) is 8.74. The molecule has 0 spiro atoms. The highest BCUT2D eigenvalue weighted by Crippen LogP contribution is 2.44. The lowest BCUT2D eigenvalue weighted by Gasteiger charge is -2.23. The summed E-state index contributed by atoms with van der Waals surface area (Å²) >= 11 is 1.12. The first-order chi connectivity index (χ1) is 17.5. The maximum Gasteiger partial charge on any atom is 0.301 e. The monoisotopic (exact) mass is 503 g/mol. The zero-order chi connectivity index (χ0) is 25.4. The number of hydrogen-bond acceptors (Lipinski definition) is 9. The molecule has 3 aromatic carbocycles. The van der Waals surface area contributed by atoms with Crippen LogP contribution in [0.25, 0.3) is 16.5 Å². The van der Waals surface area contributed by atoms with Gasteiger partial charge in [0, 0.05) is 5.56 Å². The number of rotatable bonds is 6. The van der Waals surface area contributed by atoms with Crippen LogP contribution in [0.15, 0.2) is 65.7 Å². The third kappa shape index (κ3) is 3.81. The van der Waals surface area contributed by atoms with Crippen LogP contribution in [0.3, 0.4) is 0 Å². The van der Waals surface area contributed by atoms with Crippen molar-refractivity contribution < 1.29 is 28.9 Å². The fourth-order valence-electron chi connectivity index (χ4n) is 4.29. The molecule has 4 aromatic rings. The Hall–Kier alpha value is -4.44. The normalized spacial score (nSPS) is 17.0. The molecule has 36 heavy (non-hydrogen) atoms. The third-order valence-corrected chi connectivity index (χ3v) is 6.73. The fraction of sp³-hybridized carbons (Fsp3) is 0.154. The third-order valence-electron chi connectivity index (χ3n) is 6.04. The molecule has 5 rings (SSSR count). The van der Waals surface area contributed by atoms with Crippen molar-refractivity contribution in [2.24, 2.45) is 0 Å². The molecule has 1 aliphatic heterocycles. The van der Waals surface area contributed by atoms with Gasteiger partial charge in [0.15, 0.2) is 11.5 Å². The van der Waals surface area contributed by atoms with Crippen LogP contribution in [0.4, 0.5) is 5.13 Å². The van der Waals surface area contributed by atoms with E-state index in [4.69, 9.17) is 14.2 Å². The largest absolute Gasteiger partial charge is 0.507 e. The van der Waals surface area contributed by atoms with Gasteiger partial charge in [0.1, 0.15) is 17.0 Å². The Bertz CT molecular complexity index is 1520. The number of anilines is 1. The van der Waals surface area contributed by atoms with Crippen molar-refractivity contribution in [3.8, 4) is 17.2 Å². The predicted molar refractivity (Wildman–Crippen MR) is 135 cm³/mol. The Morgan fingerprint density at radius 1 is 0.917 bits per heavy atom. The van der Waals surface area contributed by atoms with Crippen LogP contribution < -0.4 is 19.1 Å². The molecule has 1 fully saturated rings. The van der Waals surface area contributed by atoms with Crippen LogP contribution >= 0.6 is 11.3 Å². The Balaban J connectivity index is 1.71. The Morgan fingerprint density at radius 3 is 2.36 bits per heavy atom. The van der Waals surface area contributed by atoms with Gasteiger partial charge in [-0.05, 0) is 46.7 Å². The van der Waals surface area contributed by atoms with E-state index in [9.17, 15) is 14.7 Å². The first kappa shape index (κ1) is 23.3. The van der Waals surface area contributed by atoms with Gasteiger partial charge in [0.25, 0.3) is 5.78 Å². The highest BCUT2D eigenvalue weighted by Gasteiger charge is 2.48. The van der Waals surface area contributed by atoms with E-state index < -0.39 is 17.7 Å². The van der Waals surface area contributed by atoms with Crippen molar-refractivity contribution in [2.45, 2.75) is 6.04 Å². The molecule has 0 bridgehead atoms. The number of hydrogen-bond donors (Lipinski definition) is 1. The van der Waals surface area contributed by atoms with E-state index in [1.807, 2.05) is 24.3 Å². The van der Waals surface area contributed by atoms with Crippen molar-refractivity contribution in [3.05, 3.63) is 76.8 Å². The lowest BCUT2D eigenvalue weighted by molar-refractivity contribution is -0.132. The minimum absolute atomic E-state index is 0.0599. The Morgan fingerprint density at radius 2 is 1.67 bits per heavy atom. The van der Waals surface area contributed by atoms with E-state index in [0.717, 1.165) is 22.1 Å². The zero-order valence-electron chi connectivity index (χ0n) is 19.6. The molecular formula is C26H21N3O6S. The number of ketones is 1. The predicted octanol–water partition coefficient (Wildman–Crippen LogP) is 4.34. The number of carbonyl (C=O) groups excluding carboxylic acids is 2. The van der Waals surface area contributed by atoms with Gasteiger partial charge in [0.2, 0.25) is 5.13 Å². The van der Waals surface area contributed by atoms with Gasteiger partial charge in [-0.15, -0.1) is 10.2 Å². The maximum atomic E-state index is 13.3. The summed E-state index contributed by atoms with van der Waals surface area (Å²) in [6.07, 6.45) is 0. The fourth-order valence-corrected chi connectivity index (χ4v) is 4.88. The summed E-state index contributed by atoms with van der Waals surface area (Å²) in [6.45, 7) is 0. The van der Waals surface area contributed by atoms with E-state index in [1.54, 1.807) is 37.4 Å². The second-order valence-electron chi connectivity index (χ2n) is 7.93. The second kappa shape index (κ2) is 9.31. The van der Waals surface area contributed by atoms with E-state index in [0.29, 0.717) is 28.4 Å². The number of ether oxygens (including phenoxy) is 3. The molecule has 9 nitrogen and oxygen atoms in total. The van der Waals surface area contributed by atoms with Crippen LogP contribution in [0, 0.1) is 0 Å². The molecule has 0 saturated carbocycles. The number of amides is 1. The van der Waals surface area contributed by atoms with Crippen LogP contribution in [-0.4, -0.2) is 48.3 Å². The molecule has 0 aliphatic carbocycles. The van der Waals surface area contributed by atoms with Crippen molar-refractivity contribution in [2.75, 3.05) is 26.2 Å². The van der Waals surface area contributed by atoms with Gasteiger partial charge < -0.3 is 19.3 Å². The van der Waals surface area contributed by atoms with E-state index in [2.05, 4.69) is 10.2 Å². The van der Waals surface area contributed by atoms with Crippen LogP contribution in [-0.2, 0) is 9.59 Å². The number of aliphatic hydroxyl groups excluding tert-OH is 1. The molecule has 1 N–H and O–H groups in total. The summed E-state index contributed by atoms with van der Waals surface area (Å²) in [5.74, 6) is -0.319. The molecule has 182 valence electrons. The van der Waals surface area contributed by atoms with Crippen molar-refractivity contribution in [3.63, 3.8) is 0 Å². The molecule has 1 saturated heterocycles. The molecule has 1 aromatic heterocycles. The summed E-state index contributed by atoms with van der Waals surface area (Å²) in [6, 6.07) is 14.9. The molecule has 1 amide bonds. The minimum atomic E-state index is -0.954. The highest BCUT2D eigenvalue weighted by molar-refractivity contribution is 7.13. The van der Waals surface area contributed by atoms with E-state index in [-0.39, 0.29) is 16.5 Å². The van der Waals surface area contributed by atoms with Crippen LogP contribution in [0.2, 0.25) is 0 Å². The molecule has 1 atom stereocenters. The van der Waals surface area contributed by atoms with Gasteiger partial charge in [-0.2, -0.15) is 0 Å². The van der Waals surface area contributed by atoms with Crippen LogP contribution in [0.1, 0.15) is 17.2 Å². The molecule has 2 heterocycles. The van der Waals surface area contributed by atoms with Gasteiger partial charge in [-0.3, -0.25) is 14.5 Å². The molecular weight excluding hydrogens is 482 g/mol. The highest BCUT2D eigenvalue weighted by atomic mass is 32.1. The maximum absolute atomic E-state index is 13.3. The van der Waals surface area contributed by atoms with Crippen molar-refractivity contribution in [1.82, 2.24) is 10.2 Å². The number of nitrogens with zero attached hydrogens (tertiary/aromatic N) is 3. The van der Waals surface area contributed by atoms with Crippen LogP contribution in [0.5, 0.6) is 17.2 Å². The SMILES string of the molecule is COc1ccc2cc(/C(O)=C3\C(=O)C(=O)N(c4nncs4)C3c3ccc(OC)c(OC)c3)ccc2c1. The lowest BCUT2D eigenvalue weighted by Crippen LogP contribution is -2.29. The number of aromatic nitrogens is 2. The summed E-state index contributed by atoms with van der Waals surface area (Å²) < 4.78 is 16.0. The lowest BCUT2D eigenvalue weighted by atomic mass is 9.94. The molecule has 10 heteroatoms. The summed E-state index contributed by atoms with van der Waals surface area (Å²) in [5.41, 5.74) is 2.34. The number of aliphatic hydroxyl groups is 1. The summed E-state index contributed by atoms with van der Waals surface area (Å²) in [4.78, 5) is 27.8. The Labute approximate surface area is 210 Å². The van der Waals surface area contributed by atoms with Gasteiger partial charge in [-0.1, -0.05) is 35.6 Å². The summed E-state index contributed by atoms with van der Waals surface area (Å²) in [7, 11) is 4.60. The number of carbonyl (C=O) groups is 2. The van der Waals surface area contributed by atoms with Crippen molar-refractivity contribution in [1.29, 1.82) is 0 Å². The first-order valence-corrected chi connectivity index (χ1v) is 11.7. The molecule has 1 aliphatic rings. The van der Waals surface area contributed by atoms with Gasteiger partial charge in [0.05, 0.1) is 32.9 Å². The standard InChI is InChI=1S/C26H21N3O6S/c1-33-18-8-6-14-10-17(5-4-15(14)11-18)23(30)21-22(16-7-9-19(34-2)20(12-16)35-3)29(25(32)24(21)31)26-28-27-13-36-26/h4-13,22,30H,1-3H3/b23-21+. The average molecular weight is 504 g/mol. The first-order valence-electron chi connectivity index (χ1n) is 10.8. The number of benzene rings is 3. The minimum Gasteiger partial charge on any atom is -0.507 e. The van der Waals surface area contributed by atoms with E-state index in [1.165, 1.54) is 24.6 Å². The zero-order valence-corrected chi connectivity index (χ0v) is 20.4. The molecule has 1 unspecified atom stereocenters. The van der Waals surface area contributed by atoms with Crippen molar-refractivity contribution >= 4 is 44.7 Å². The number of methoxy groups -OCH3 is 3. The van der Waals surface area contributed by atoms with E-state index >= 15 is 0 Å². The smallest absolute Gasteiger partial charge is 0.301 e. The molecule has 0 radical (unpaired) electrons. The average Bonchev–Trinajstić information content (AvgIpc) is 3.53. The van der Waals surface area contributed by atoms with Gasteiger partial charge in [-0.25, -0.2) is 0 Å². The Kier molecular flexibility index (Phi) is 6.03. The number of fused-ring (bicyclic) bond motifs is 1. The van der Waals surface area contributed by atoms with Gasteiger partial charge >= 0.3 is 5.91 Å².